The minimum absolute atomic E-state index is 0.170. The van der Waals surface area contributed by atoms with Gasteiger partial charge in [0.05, 0.1) is 5.56 Å². The van der Waals surface area contributed by atoms with Crippen LogP contribution in [0.1, 0.15) is 30.9 Å². The fourth-order valence-electron chi connectivity index (χ4n) is 1.69. The standard InChI is InChI=1S/C14H16F3NO/c1-3-5-13(19)12(9-18-2)10-6-4-7-11(8-10)14(15,16)17/h4,6-9,18H,3,5H2,1-2H3. The minimum atomic E-state index is -4.41. The molecule has 5 heteroatoms. The lowest BCUT2D eigenvalue weighted by Gasteiger charge is -2.11. The van der Waals surface area contributed by atoms with Crippen molar-refractivity contribution in [2.45, 2.75) is 25.9 Å². The fraction of sp³-hybridized carbons (Fsp3) is 0.357. The van der Waals surface area contributed by atoms with Crippen LogP contribution in [-0.2, 0) is 11.0 Å². The molecule has 0 spiro atoms. The highest BCUT2D eigenvalue weighted by Crippen LogP contribution is 2.31. The van der Waals surface area contributed by atoms with E-state index in [9.17, 15) is 18.0 Å². The monoisotopic (exact) mass is 271 g/mol. The number of carbonyl (C=O) groups excluding carboxylic acids is 1. The van der Waals surface area contributed by atoms with Crippen molar-refractivity contribution < 1.29 is 18.0 Å². The molecule has 0 aliphatic rings. The van der Waals surface area contributed by atoms with E-state index in [2.05, 4.69) is 5.32 Å². The normalized spacial score (nSPS) is 12.4. The maximum atomic E-state index is 12.6. The van der Waals surface area contributed by atoms with E-state index < -0.39 is 11.7 Å². The second-order valence-electron chi connectivity index (χ2n) is 4.10. The van der Waals surface area contributed by atoms with Crippen LogP contribution in [0.25, 0.3) is 5.57 Å². The van der Waals surface area contributed by atoms with Crippen LogP contribution in [0.3, 0.4) is 0 Å². The Hall–Kier alpha value is -1.78. The molecule has 0 aliphatic carbocycles. The molecule has 1 rings (SSSR count). The van der Waals surface area contributed by atoms with Gasteiger partial charge in [-0.25, -0.2) is 0 Å². The Morgan fingerprint density at radius 1 is 1.37 bits per heavy atom. The highest BCUT2D eigenvalue weighted by Gasteiger charge is 2.30. The Balaban J connectivity index is 3.18. The van der Waals surface area contributed by atoms with Gasteiger partial charge < -0.3 is 5.32 Å². The zero-order valence-corrected chi connectivity index (χ0v) is 10.8. The summed E-state index contributed by atoms with van der Waals surface area (Å²) >= 11 is 0. The van der Waals surface area contributed by atoms with Crippen LogP contribution in [0.5, 0.6) is 0 Å². The lowest BCUT2D eigenvalue weighted by molar-refractivity contribution is -0.137. The largest absolute Gasteiger partial charge is 0.416 e. The Morgan fingerprint density at radius 2 is 2.05 bits per heavy atom. The van der Waals surface area contributed by atoms with Crippen LogP contribution in [-0.4, -0.2) is 12.8 Å². The molecule has 0 fully saturated rings. The average Bonchev–Trinajstić information content (AvgIpc) is 2.35. The molecule has 0 saturated carbocycles. The third kappa shape index (κ3) is 4.12. The molecular formula is C14H16F3NO. The molecule has 0 saturated heterocycles. The van der Waals surface area contributed by atoms with E-state index in [1.54, 1.807) is 7.05 Å². The van der Waals surface area contributed by atoms with Gasteiger partial charge in [0.2, 0.25) is 0 Å². The van der Waals surface area contributed by atoms with E-state index in [0.717, 1.165) is 12.1 Å². The molecule has 104 valence electrons. The van der Waals surface area contributed by atoms with Crippen molar-refractivity contribution in [3.63, 3.8) is 0 Å². The van der Waals surface area contributed by atoms with Crippen molar-refractivity contribution >= 4 is 11.4 Å². The number of carbonyl (C=O) groups is 1. The number of hydrogen-bond acceptors (Lipinski definition) is 2. The Kier molecular flexibility index (Phi) is 5.15. The summed E-state index contributed by atoms with van der Waals surface area (Å²) in [4.78, 5) is 11.9. The number of rotatable bonds is 5. The number of benzene rings is 1. The van der Waals surface area contributed by atoms with E-state index in [1.165, 1.54) is 18.3 Å². The van der Waals surface area contributed by atoms with E-state index in [-0.39, 0.29) is 16.9 Å². The van der Waals surface area contributed by atoms with E-state index in [1.807, 2.05) is 6.92 Å². The van der Waals surface area contributed by atoms with Crippen LogP contribution >= 0.6 is 0 Å². The van der Waals surface area contributed by atoms with Gasteiger partial charge in [-0.2, -0.15) is 13.2 Å². The maximum Gasteiger partial charge on any atom is 0.416 e. The Labute approximate surface area is 110 Å². The molecule has 0 radical (unpaired) electrons. The van der Waals surface area contributed by atoms with Gasteiger partial charge in [-0.3, -0.25) is 4.79 Å². The van der Waals surface area contributed by atoms with Crippen molar-refractivity contribution in [3.05, 3.63) is 41.6 Å². The predicted molar refractivity (Wildman–Crippen MR) is 68.4 cm³/mol. The van der Waals surface area contributed by atoms with Crippen molar-refractivity contribution in [2.75, 3.05) is 7.05 Å². The summed E-state index contributed by atoms with van der Waals surface area (Å²) in [6.07, 6.45) is -2.01. The molecule has 1 aromatic carbocycles. The van der Waals surface area contributed by atoms with Gasteiger partial charge in [0.15, 0.2) is 5.78 Å². The minimum Gasteiger partial charge on any atom is -0.393 e. The number of halogens is 3. The summed E-state index contributed by atoms with van der Waals surface area (Å²) in [5.41, 5.74) is -0.200. The van der Waals surface area contributed by atoms with Crippen LogP contribution in [0, 0.1) is 0 Å². The number of hydrogen-bond donors (Lipinski definition) is 1. The molecule has 2 nitrogen and oxygen atoms in total. The molecular weight excluding hydrogens is 255 g/mol. The smallest absolute Gasteiger partial charge is 0.393 e. The van der Waals surface area contributed by atoms with Gasteiger partial charge in [0.1, 0.15) is 0 Å². The van der Waals surface area contributed by atoms with Crippen molar-refractivity contribution in [2.24, 2.45) is 0 Å². The first-order valence-corrected chi connectivity index (χ1v) is 5.98. The van der Waals surface area contributed by atoms with Crippen molar-refractivity contribution in [3.8, 4) is 0 Å². The number of alkyl halides is 3. The maximum absolute atomic E-state index is 12.6. The number of Topliss-reactive ketones (excluding diaryl/α,β-unsaturated/α-hetero) is 1. The molecule has 1 aromatic rings. The Morgan fingerprint density at radius 3 is 2.58 bits per heavy atom. The van der Waals surface area contributed by atoms with Gasteiger partial charge in [-0.15, -0.1) is 0 Å². The summed E-state index contributed by atoms with van der Waals surface area (Å²) in [7, 11) is 1.60. The number of allylic oxidation sites excluding steroid dienone is 1. The second kappa shape index (κ2) is 6.41. The van der Waals surface area contributed by atoms with Gasteiger partial charge in [-0.1, -0.05) is 19.1 Å². The Bertz CT molecular complexity index is 478. The molecule has 1 N–H and O–H groups in total. The van der Waals surface area contributed by atoms with Crippen LogP contribution in [0.4, 0.5) is 13.2 Å². The summed E-state index contributed by atoms with van der Waals surface area (Å²) in [6.45, 7) is 1.85. The van der Waals surface area contributed by atoms with Gasteiger partial charge >= 0.3 is 6.18 Å². The molecule has 0 amide bonds. The molecule has 0 aliphatic heterocycles. The molecule has 0 unspecified atom stereocenters. The summed E-state index contributed by atoms with van der Waals surface area (Å²) in [5.74, 6) is -0.170. The van der Waals surface area contributed by atoms with Crippen LogP contribution < -0.4 is 5.32 Å². The van der Waals surface area contributed by atoms with E-state index in [4.69, 9.17) is 0 Å². The second-order valence-corrected chi connectivity index (χ2v) is 4.10. The van der Waals surface area contributed by atoms with E-state index >= 15 is 0 Å². The summed E-state index contributed by atoms with van der Waals surface area (Å²) < 4.78 is 37.9. The summed E-state index contributed by atoms with van der Waals surface area (Å²) in [5, 5.41) is 2.70. The SMILES string of the molecule is CCCC(=O)C(=CNC)c1cccc(C(F)(F)F)c1. The molecule has 19 heavy (non-hydrogen) atoms. The highest BCUT2D eigenvalue weighted by atomic mass is 19.4. The summed E-state index contributed by atoms with van der Waals surface area (Å²) in [6, 6.07) is 4.80. The zero-order chi connectivity index (χ0) is 14.5. The first-order valence-electron chi connectivity index (χ1n) is 5.98. The van der Waals surface area contributed by atoms with Gasteiger partial charge in [0, 0.05) is 25.2 Å². The third-order valence-electron chi connectivity index (χ3n) is 2.57. The van der Waals surface area contributed by atoms with Crippen molar-refractivity contribution in [1.82, 2.24) is 5.32 Å². The van der Waals surface area contributed by atoms with Crippen LogP contribution in [0.2, 0.25) is 0 Å². The molecule has 0 bridgehead atoms. The third-order valence-corrected chi connectivity index (χ3v) is 2.57. The topological polar surface area (TPSA) is 29.1 Å². The van der Waals surface area contributed by atoms with Crippen LogP contribution in [0.15, 0.2) is 30.5 Å². The molecule has 0 heterocycles. The average molecular weight is 271 g/mol. The molecule has 0 atom stereocenters. The first kappa shape index (κ1) is 15.3. The fourth-order valence-corrected chi connectivity index (χ4v) is 1.69. The van der Waals surface area contributed by atoms with Crippen molar-refractivity contribution in [1.29, 1.82) is 0 Å². The first-order chi connectivity index (χ1) is 8.90. The lowest BCUT2D eigenvalue weighted by atomic mass is 9.98. The molecule has 0 aromatic heterocycles. The lowest BCUT2D eigenvalue weighted by Crippen LogP contribution is -2.09. The quantitative estimate of drug-likeness (QED) is 0.828. The zero-order valence-electron chi connectivity index (χ0n) is 10.8. The van der Waals surface area contributed by atoms with Gasteiger partial charge in [0.25, 0.3) is 0 Å². The highest BCUT2D eigenvalue weighted by molar-refractivity contribution is 6.20. The van der Waals surface area contributed by atoms with Gasteiger partial charge in [-0.05, 0) is 24.1 Å². The van der Waals surface area contributed by atoms with E-state index in [0.29, 0.717) is 12.8 Å². The predicted octanol–water partition coefficient (Wildman–Crippen LogP) is 3.63. The number of nitrogens with one attached hydrogen (secondary N) is 1. The number of ketones is 1.